The number of hydrogen-bond donors (Lipinski definition) is 1. The quantitative estimate of drug-likeness (QED) is 0.337. The minimum absolute atomic E-state index is 0.171. The van der Waals surface area contributed by atoms with Crippen LogP contribution in [0.1, 0.15) is 38.6 Å². The molecule has 2 aromatic heterocycles. The summed E-state index contributed by atoms with van der Waals surface area (Å²) >= 11 is 9.66. The van der Waals surface area contributed by atoms with E-state index in [0.717, 1.165) is 27.1 Å². The molecule has 0 saturated heterocycles. The van der Waals surface area contributed by atoms with Crippen molar-refractivity contribution >= 4 is 39.3 Å². The van der Waals surface area contributed by atoms with Crippen LogP contribution in [0.2, 0.25) is 5.02 Å². The largest absolute Gasteiger partial charge is 0.305 e. The van der Waals surface area contributed by atoms with Gasteiger partial charge in [0.1, 0.15) is 5.82 Å². The van der Waals surface area contributed by atoms with Gasteiger partial charge in [-0.2, -0.15) is 10.2 Å². The Morgan fingerprint density at radius 2 is 1.79 bits per heavy atom. The van der Waals surface area contributed by atoms with Crippen molar-refractivity contribution in [3.63, 3.8) is 0 Å². The summed E-state index contributed by atoms with van der Waals surface area (Å²) in [6.45, 7) is 6.58. The molecule has 1 amide bonds. The first-order valence-corrected chi connectivity index (χ1v) is 11.5. The molecule has 0 bridgehead atoms. The van der Waals surface area contributed by atoms with Crippen molar-refractivity contribution in [1.29, 1.82) is 0 Å². The highest BCUT2D eigenvalue weighted by Gasteiger charge is 2.14. The van der Waals surface area contributed by atoms with Crippen LogP contribution in [0.25, 0.3) is 0 Å². The van der Waals surface area contributed by atoms with E-state index in [4.69, 9.17) is 11.6 Å². The molecule has 170 valence electrons. The summed E-state index contributed by atoms with van der Waals surface area (Å²) in [6.07, 6.45) is 0. The van der Waals surface area contributed by atoms with Crippen LogP contribution in [0.3, 0.4) is 0 Å². The molecule has 4 aromatic rings. The van der Waals surface area contributed by atoms with Gasteiger partial charge in [0.2, 0.25) is 0 Å². The number of nitrogens with zero attached hydrogens (tertiary/aromatic N) is 4. The molecule has 6 nitrogen and oxygen atoms in total. The van der Waals surface area contributed by atoms with Crippen molar-refractivity contribution in [2.45, 2.75) is 33.9 Å². The molecule has 1 N–H and O–H groups in total. The number of amides is 1. The Balaban J connectivity index is 1.44. The maximum absolute atomic E-state index is 14.1. The lowest BCUT2D eigenvalue weighted by Crippen LogP contribution is -2.13. The van der Waals surface area contributed by atoms with Crippen molar-refractivity contribution in [3.8, 4) is 0 Å². The van der Waals surface area contributed by atoms with Gasteiger partial charge in [-0.05, 0) is 66.5 Å². The highest BCUT2D eigenvalue weighted by atomic mass is 79.9. The molecule has 0 spiro atoms. The van der Waals surface area contributed by atoms with Gasteiger partial charge in [0.25, 0.3) is 5.91 Å². The molecule has 0 fully saturated rings. The number of anilines is 1. The summed E-state index contributed by atoms with van der Waals surface area (Å²) in [7, 11) is 0. The van der Waals surface area contributed by atoms with Crippen LogP contribution in [-0.4, -0.2) is 25.5 Å². The zero-order chi connectivity index (χ0) is 23.7. The lowest BCUT2D eigenvalue weighted by molar-refractivity contribution is 0.102. The van der Waals surface area contributed by atoms with Gasteiger partial charge in [0, 0.05) is 27.9 Å². The predicted molar refractivity (Wildman–Crippen MR) is 130 cm³/mol. The first-order chi connectivity index (χ1) is 15.7. The summed E-state index contributed by atoms with van der Waals surface area (Å²) in [4.78, 5) is 12.7. The van der Waals surface area contributed by atoms with Gasteiger partial charge in [-0.3, -0.25) is 14.2 Å². The number of aryl methyl sites for hydroxylation is 2. The molecule has 0 aliphatic heterocycles. The summed E-state index contributed by atoms with van der Waals surface area (Å²) < 4.78 is 18.7. The molecule has 9 heteroatoms. The van der Waals surface area contributed by atoms with Gasteiger partial charge in [-0.1, -0.05) is 29.8 Å². The van der Waals surface area contributed by atoms with Crippen LogP contribution in [-0.2, 0) is 13.1 Å². The Labute approximate surface area is 204 Å². The van der Waals surface area contributed by atoms with Crippen LogP contribution in [0.15, 0.2) is 53.0 Å². The fraction of sp³-hybridized carbons (Fsp3) is 0.208. The third-order valence-corrected chi connectivity index (χ3v) is 6.94. The Bertz CT molecular complexity index is 1310. The molecule has 0 aliphatic carbocycles. The molecule has 0 unspecified atom stereocenters. The second-order valence-corrected chi connectivity index (χ2v) is 9.02. The number of aromatic nitrogens is 4. The van der Waals surface area contributed by atoms with E-state index in [2.05, 4.69) is 31.4 Å². The van der Waals surface area contributed by atoms with E-state index in [0.29, 0.717) is 28.5 Å². The molecule has 0 radical (unpaired) electrons. The second-order valence-electron chi connectivity index (χ2n) is 7.82. The predicted octanol–water partition coefficient (Wildman–Crippen LogP) is 5.91. The van der Waals surface area contributed by atoms with Crippen LogP contribution in [0, 0.1) is 26.6 Å². The number of carbonyl (C=O) groups is 1. The standard InChI is InChI=1S/C24H22BrClFN5O/c1-14-11-22(30-31(14)13-19-20(26)5-4-6-21(19)27)28-24(33)18-9-7-17(8-10-18)12-32-16(3)23(25)15(2)29-32/h4-11H,12-13H2,1-3H3,(H,28,30,33). The molecule has 0 atom stereocenters. The lowest BCUT2D eigenvalue weighted by Gasteiger charge is -2.08. The fourth-order valence-corrected chi connectivity index (χ4v) is 4.02. The van der Waals surface area contributed by atoms with Gasteiger partial charge in [-0.15, -0.1) is 0 Å². The molecular weight excluding hydrogens is 509 g/mol. The van der Waals surface area contributed by atoms with Crippen molar-refractivity contribution in [2.24, 2.45) is 0 Å². The monoisotopic (exact) mass is 529 g/mol. The summed E-state index contributed by atoms with van der Waals surface area (Å²) in [5, 5.41) is 12.0. The Morgan fingerprint density at radius 3 is 2.42 bits per heavy atom. The van der Waals surface area contributed by atoms with Crippen molar-refractivity contribution < 1.29 is 9.18 Å². The molecule has 33 heavy (non-hydrogen) atoms. The third-order valence-electron chi connectivity index (χ3n) is 5.43. The normalized spacial score (nSPS) is 11.1. The number of rotatable bonds is 6. The van der Waals surface area contributed by atoms with E-state index in [9.17, 15) is 9.18 Å². The zero-order valence-electron chi connectivity index (χ0n) is 18.4. The number of halogens is 3. The number of benzene rings is 2. The molecule has 4 rings (SSSR count). The zero-order valence-corrected chi connectivity index (χ0v) is 20.7. The van der Waals surface area contributed by atoms with Gasteiger partial charge < -0.3 is 5.32 Å². The number of carbonyl (C=O) groups excluding carboxylic acids is 1. The highest BCUT2D eigenvalue weighted by molar-refractivity contribution is 9.10. The van der Waals surface area contributed by atoms with E-state index in [1.165, 1.54) is 6.07 Å². The van der Waals surface area contributed by atoms with Crippen LogP contribution in [0.5, 0.6) is 0 Å². The second kappa shape index (κ2) is 9.49. The van der Waals surface area contributed by atoms with Crippen molar-refractivity contribution in [1.82, 2.24) is 19.6 Å². The molecule has 2 heterocycles. The molecule has 0 aliphatic rings. The maximum atomic E-state index is 14.1. The van der Waals surface area contributed by atoms with Gasteiger partial charge in [0.05, 0.1) is 29.0 Å². The summed E-state index contributed by atoms with van der Waals surface area (Å²) in [5.41, 5.74) is 4.67. The van der Waals surface area contributed by atoms with E-state index in [-0.39, 0.29) is 12.5 Å². The summed E-state index contributed by atoms with van der Waals surface area (Å²) in [6, 6.07) is 13.7. The Morgan fingerprint density at radius 1 is 1.06 bits per heavy atom. The fourth-order valence-electron chi connectivity index (χ4n) is 3.52. The summed E-state index contributed by atoms with van der Waals surface area (Å²) in [5.74, 6) is -0.276. The van der Waals surface area contributed by atoms with Gasteiger partial charge >= 0.3 is 0 Å². The molecule has 2 aromatic carbocycles. The highest BCUT2D eigenvalue weighted by Crippen LogP contribution is 2.22. The topological polar surface area (TPSA) is 64.7 Å². The van der Waals surface area contributed by atoms with Crippen LogP contribution < -0.4 is 5.32 Å². The maximum Gasteiger partial charge on any atom is 0.256 e. The third kappa shape index (κ3) is 5.02. The lowest BCUT2D eigenvalue weighted by atomic mass is 10.1. The van der Waals surface area contributed by atoms with Crippen LogP contribution >= 0.6 is 27.5 Å². The average molecular weight is 531 g/mol. The molecular formula is C24H22BrClFN5O. The van der Waals surface area contributed by atoms with Crippen molar-refractivity contribution in [2.75, 3.05) is 5.32 Å². The smallest absolute Gasteiger partial charge is 0.256 e. The first kappa shape index (κ1) is 23.2. The van der Waals surface area contributed by atoms with E-state index < -0.39 is 5.82 Å². The first-order valence-electron chi connectivity index (χ1n) is 10.3. The van der Waals surface area contributed by atoms with Crippen molar-refractivity contribution in [3.05, 3.63) is 97.6 Å². The van der Waals surface area contributed by atoms with Gasteiger partial charge in [-0.25, -0.2) is 4.39 Å². The molecule has 0 saturated carbocycles. The minimum Gasteiger partial charge on any atom is -0.305 e. The van der Waals surface area contributed by atoms with Gasteiger partial charge in [0.15, 0.2) is 5.82 Å². The Kier molecular flexibility index (Phi) is 6.67. The number of nitrogens with one attached hydrogen (secondary N) is 1. The Hall–Kier alpha value is -2.97. The minimum atomic E-state index is -0.393. The number of hydrogen-bond acceptors (Lipinski definition) is 3. The SMILES string of the molecule is Cc1nn(Cc2ccc(C(=O)Nc3cc(C)n(Cc4c(F)cccc4Cl)n3)cc2)c(C)c1Br. The van der Waals surface area contributed by atoms with Crippen LogP contribution in [0.4, 0.5) is 10.2 Å². The van der Waals surface area contributed by atoms with E-state index >= 15 is 0 Å². The van der Waals surface area contributed by atoms with E-state index in [1.54, 1.807) is 35.0 Å². The van der Waals surface area contributed by atoms with E-state index in [1.807, 2.05) is 37.6 Å². The average Bonchev–Trinajstić information content (AvgIpc) is 3.24.